The highest BCUT2D eigenvalue weighted by molar-refractivity contribution is 5.67. The normalized spacial score (nSPS) is 13.6. The Kier molecular flexibility index (Phi) is 3.70. The van der Waals surface area contributed by atoms with Crippen molar-refractivity contribution >= 4 is 11.5 Å². The quantitative estimate of drug-likeness (QED) is 0.925. The van der Waals surface area contributed by atoms with Crippen LogP contribution in [0.15, 0.2) is 36.4 Å². The molecule has 3 rings (SSSR count). The van der Waals surface area contributed by atoms with E-state index in [2.05, 4.69) is 48.2 Å². The average Bonchev–Trinajstić information content (AvgIpc) is 2.91. The minimum Gasteiger partial charge on any atom is -0.326 e. The van der Waals surface area contributed by atoms with Gasteiger partial charge in [-0.3, -0.25) is 0 Å². The largest absolute Gasteiger partial charge is 0.326 e. The van der Waals surface area contributed by atoms with E-state index < -0.39 is 0 Å². The second-order valence-corrected chi connectivity index (χ2v) is 5.31. The summed E-state index contributed by atoms with van der Waals surface area (Å²) >= 11 is 0. The fraction of sp³-hybridized carbons (Fsp3) is 0.353. The van der Waals surface area contributed by atoms with Crippen LogP contribution in [0.1, 0.15) is 30.2 Å². The summed E-state index contributed by atoms with van der Waals surface area (Å²) in [6.07, 6.45) is 3.21. The van der Waals surface area contributed by atoms with Gasteiger partial charge in [0, 0.05) is 24.5 Å². The molecule has 0 spiro atoms. The van der Waals surface area contributed by atoms with Gasteiger partial charge in [0.25, 0.3) is 0 Å². The Bertz CT molecular complexity index is 607. The Morgan fingerprint density at radius 2 is 2.10 bits per heavy atom. The van der Waals surface area contributed by atoms with Crippen LogP contribution >= 0.6 is 0 Å². The Labute approximate surface area is 120 Å². The van der Waals surface area contributed by atoms with E-state index in [0.717, 1.165) is 37.3 Å². The molecule has 2 heterocycles. The third kappa shape index (κ3) is 2.41. The first kappa shape index (κ1) is 13.1. The number of hydrogen-bond donors (Lipinski definition) is 1. The molecule has 2 aromatic rings. The minimum atomic E-state index is 0.571. The van der Waals surface area contributed by atoms with Crippen LogP contribution in [0.25, 0.3) is 0 Å². The SMILES string of the molecule is CCCc1cc(CN)cc(N2CCc3ccccc32)n1. The second-order valence-electron chi connectivity index (χ2n) is 5.31. The van der Waals surface area contributed by atoms with E-state index in [1.54, 1.807) is 0 Å². The van der Waals surface area contributed by atoms with Gasteiger partial charge in [-0.05, 0) is 42.2 Å². The van der Waals surface area contributed by atoms with Crippen molar-refractivity contribution < 1.29 is 0 Å². The van der Waals surface area contributed by atoms with Gasteiger partial charge in [-0.2, -0.15) is 0 Å². The van der Waals surface area contributed by atoms with Gasteiger partial charge in [0.1, 0.15) is 5.82 Å². The van der Waals surface area contributed by atoms with Crippen LogP contribution in [0.4, 0.5) is 11.5 Å². The van der Waals surface area contributed by atoms with Gasteiger partial charge in [-0.25, -0.2) is 4.98 Å². The standard InChI is InChI=1S/C17H21N3/c1-2-5-15-10-13(12-18)11-17(19-15)20-9-8-14-6-3-4-7-16(14)20/h3-4,6-7,10-11H,2,5,8-9,12,18H2,1H3. The van der Waals surface area contributed by atoms with Gasteiger partial charge in [0.2, 0.25) is 0 Å². The van der Waals surface area contributed by atoms with Gasteiger partial charge in [0.05, 0.1) is 0 Å². The fourth-order valence-electron chi connectivity index (χ4n) is 2.85. The Morgan fingerprint density at radius 3 is 2.90 bits per heavy atom. The lowest BCUT2D eigenvalue weighted by atomic mass is 10.1. The third-order valence-corrected chi connectivity index (χ3v) is 3.83. The van der Waals surface area contributed by atoms with Crippen molar-refractivity contribution in [1.29, 1.82) is 0 Å². The average molecular weight is 267 g/mol. The molecule has 3 nitrogen and oxygen atoms in total. The van der Waals surface area contributed by atoms with Crippen molar-refractivity contribution in [2.45, 2.75) is 32.7 Å². The molecule has 0 fully saturated rings. The first-order chi connectivity index (χ1) is 9.81. The Balaban J connectivity index is 2.00. The Hall–Kier alpha value is -1.87. The molecule has 1 aliphatic heterocycles. The van der Waals surface area contributed by atoms with E-state index in [-0.39, 0.29) is 0 Å². The van der Waals surface area contributed by atoms with Crippen molar-refractivity contribution in [3.8, 4) is 0 Å². The predicted molar refractivity (Wildman–Crippen MR) is 83.3 cm³/mol. The molecule has 0 saturated heterocycles. The summed E-state index contributed by atoms with van der Waals surface area (Å²) in [6, 6.07) is 12.8. The number of nitrogens with zero attached hydrogens (tertiary/aromatic N) is 2. The van der Waals surface area contributed by atoms with Crippen LogP contribution in [0.2, 0.25) is 0 Å². The third-order valence-electron chi connectivity index (χ3n) is 3.83. The molecule has 104 valence electrons. The summed E-state index contributed by atoms with van der Waals surface area (Å²) in [5.41, 5.74) is 10.8. The lowest BCUT2D eigenvalue weighted by Gasteiger charge is -2.20. The van der Waals surface area contributed by atoms with Crippen LogP contribution in [0.3, 0.4) is 0 Å². The lowest BCUT2D eigenvalue weighted by Crippen LogP contribution is -2.16. The van der Waals surface area contributed by atoms with Gasteiger partial charge >= 0.3 is 0 Å². The molecule has 0 atom stereocenters. The number of aryl methyl sites for hydroxylation is 1. The van der Waals surface area contributed by atoms with Crippen LogP contribution in [0, 0.1) is 0 Å². The lowest BCUT2D eigenvalue weighted by molar-refractivity contribution is 0.863. The maximum absolute atomic E-state index is 5.83. The summed E-state index contributed by atoms with van der Waals surface area (Å²) in [4.78, 5) is 7.14. The summed E-state index contributed by atoms with van der Waals surface area (Å²) in [7, 11) is 0. The van der Waals surface area contributed by atoms with Crippen molar-refractivity contribution in [1.82, 2.24) is 4.98 Å². The highest BCUT2D eigenvalue weighted by Crippen LogP contribution is 2.33. The van der Waals surface area contributed by atoms with Crippen LogP contribution < -0.4 is 10.6 Å². The number of hydrogen-bond acceptors (Lipinski definition) is 3. The first-order valence-corrected chi connectivity index (χ1v) is 7.37. The molecule has 1 aliphatic rings. The van der Waals surface area contributed by atoms with Gasteiger partial charge < -0.3 is 10.6 Å². The van der Waals surface area contributed by atoms with Crippen molar-refractivity contribution in [2.75, 3.05) is 11.4 Å². The predicted octanol–water partition coefficient (Wildman–Crippen LogP) is 3.19. The first-order valence-electron chi connectivity index (χ1n) is 7.37. The van der Waals surface area contributed by atoms with Crippen molar-refractivity contribution in [2.24, 2.45) is 5.73 Å². The van der Waals surface area contributed by atoms with Gasteiger partial charge in [0.15, 0.2) is 0 Å². The molecule has 2 N–H and O–H groups in total. The minimum absolute atomic E-state index is 0.571. The molecule has 0 bridgehead atoms. The number of anilines is 2. The molecular weight excluding hydrogens is 246 g/mol. The van der Waals surface area contributed by atoms with Crippen LogP contribution in [-0.2, 0) is 19.4 Å². The smallest absolute Gasteiger partial charge is 0.133 e. The topological polar surface area (TPSA) is 42.1 Å². The maximum atomic E-state index is 5.83. The highest BCUT2D eigenvalue weighted by atomic mass is 15.2. The molecule has 0 aliphatic carbocycles. The van der Waals surface area contributed by atoms with Crippen LogP contribution in [0.5, 0.6) is 0 Å². The summed E-state index contributed by atoms with van der Waals surface area (Å²) in [5.74, 6) is 1.04. The van der Waals surface area contributed by atoms with E-state index in [1.807, 2.05) is 0 Å². The number of para-hydroxylation sites is 1. The number of aromatic nitrogens is 1. The zero-order valence-electron chi connectivity index (χ0n) is 12.0. The molecule has 3 heteroatoms. The zero-order chi connectivity index (χ0) is 13.9. The van der Waals surface area contributed by atoms with Crippen LogP contribution in [-0.4, -0.2) is 11.5 Å². The maximum Gasteiger partial charge on any atom is 0.133 e. The van der Waals surface area contributed by atoms with E-state index in [9.17, 15) is 0 Å². The molecule has 0 amide bonds. The summed E-state index contributed by atoms with van der Waals surface area (Å²) in [6.45, 7) is 3.76. The molecule has 1 aromatic heterocycles. The molecule has 20 heavy (non-hydrogen) atoms. The molecule has 1 aromatic carbocycles. The van der Waals surface area contributed by atoms with Gasteiger partial charge in [-0.15, -0.1) is 0 Å². The zero-order valence-corrected chi connectivity index (χ0v) is 12.0. The molecule has 0 unspecified atom stereocenters. The van der Waals surface area contributed by atoms with E-state index in [1.165, 1.54) is 16.8 Å². The van der Waals surface area contributed by atoms with E-state index >= 15 is 0 Å². The number of benzene rings is 1. The number of fused-ring (bicyclic) bond motifs is 1. The Morgan fingerprint density at radius 1 is 1.25 bits per heavy atom. The second kappa shape index (κ2) is 5.63. The number of pyridine rings is 1. The van der Waals surface area contributed by atoms with Crippen molar-refractivity contribution in [3.05, 3.63) is 53.2 Å². The van der Waals surface area contributed by atoms with E-state index in [4.69, 9.17) is 10.7 Å². The number of nitrogens with two attached hydrogens (primary N) is 1. The monoisotopic (exact) mass is 267 g/mol. The van der Waals surface area contributed by atoms with Gasteiger partial charge in [-0.1, -0.05) is 31.5 Å². The molecule has 0 radical (unpaired) electrons. The van der Waals surface area contributed by atoms with Crippen molar-refractivity contribution in [3.63, 3.8) is 0 Å². The summed E-state index contributed by atoms with van der Waals surface area (Å²) < 4.78 is 0. The fourth-order valence-corrected chi connectivity index (χ4v) is 2.85. The van der Waals surface area contributed by atoms with E-state index in [0.29, 0.717) is 6.54 Å². The molecule has 0 saturated carbocycles. The highest BCUT2D eigenvalue weighted by Gasteiger charge is 2.21. The molecular formula is C17H21N3. The summed E-state index contributed by atoms with van der Waals surface area (Å²) in [5, 5.41) is 0. The number of rotatable bonds is 4.